The summed E-state index contributed by atoms with van der Waals surface area (Å²) >= 11 is 18.4. The van der Waals surface area contributed by atoms with E-state index in [0.29, 0.717) is 18.9 Å². The number of allylic oxidation sites excluding steroid dienone is 1. The summed E-state index contributed by atoms with van der Waals surface area (Å²) in [4.78, 5) is 12.1. The quantitative estimate of drug-likeness (QED) is 0.629. The van der Waals surface area contributed by atoms with Crippen molar-refractivity contribution in [3.8, 4) is 12.1 Å². The Hall–Kier alpha value is -1.92. The van der Waals surface area contributed by atoms with Crippen molar-refractivity contribution < 1.29 is 4.79 Å². The van der Waals surface area contributed by atoms with Crippen LogP contribution in [0.2, 0.25) is 15.1 Å². The number of nitrogens with zero attached hydrogens (tertiary/aromatic N) is 2. The minimum Gasteiger partial charge on any atom is -0.370 e. The normalized spacial score (nSPS) is 12.9. The molecule has 1 heterocycles. The van der Waals surface area contributed by atoms with Gasteiger partial charge in [0.05, 0.1) is 31.8 Å². The van der Waals surface area contributed by atoms with Crippen LogP contribution in [-0.4, -0.2) is 18.9 Å². The zero-order valence-electron chi connectivity index (χ0n) is 11.4. The number of benzene rings is 1. The molecule has 8 heteroatoms. The molecule has 22 heavy (non-hydrogen) atoms. The number of Topliss-reactive ketones (excluding diaryl/α,β-unsaturated/α-hetero) is 1. The second kappa shape index (κ2) is 6.46. The molecule has 1 aliphatic rings. The van der Waals surface area contributed by atoms with Crippen molar-refractivity contribution in [2.45, 2.75) is 6.92 Å². The Morgan fingerprint density at radius 1 is 1.00 bits per heavy atom. The van der Waals surface area contributed by atoms with Crippen molar-refractivity contribution in [1.82, 2.24) is 10.6 Å². The molecule has 1 fully saturated rings. The van der Waals surface area contributed by atoms with E-state index in [0.717, 1.165) is 0 Å². The van der Waals surface area contributed by atoms with Gasteiger partial charge in [0.25, 0.3) is 0 Å². The summed E-state index contributed by atoms with van der Waals surface area (Å²) in [5, 5.41) is 24.3. The number of nitriles is 2. The predicted octanol–water partition coefficient (Wildman–Crippen LogP) is 2.84. The summed E-state index contributed by atoms with van der Waals surface area (Å²) in [5.41, 5.74) is 0.171. The Morgan fingerprint density at radius 2 is 1.55 bits per heavy atom. The molecule has 5 nitrogen and oxygen atoms in total. The van der Waals surface area contributed by atoms with Crippen LogP contribution in [0.4, 0.5) is 0 Å². The first-order valence-electron chi connectivity index (χ1n) is 6.18. The largest absolute Gasteiger partial charge is 0.370 e. The molecule has 1 aliphatic heterocycles. The van der Waals surface area contributed by atoms with E-state index < -0.39 is 0 Å². The summed E-state index contributed by atoms with van der Waals surface area (Å²) in [6.07, 6.45) is 0. The lowest BCUT2D eigenvalue weighted by Gasteiger charge is -2.16. The van der Waals surface area contributed by atoms with Crippen molar-refractivity contribution in [3.63, 3.8) is 0 Å². The van der Waals surface area contributed by atoms with Gasteiger partial charge in [-0.15, -0.1) is 0 Å². The highest BCUT2D eigenvalue weighted by Gasteiger charge is 2.28. The molecule has 2 N–H and O–H groups in total. The standard InChI is InChI=1S/C14H9Cl3N4O/c1-6(22)9(14-20-2-3-21-14)10-7(4-18)11(15)8(5-19)12(16)13(10)17/h20-21H,2-3H2,1H3. The van der Waals surface area contributed by atoms with Gasteiger partial charge in [-0.2, -0.15) is 10.5 Å². The van der Waals surface area contributed by atoms with E-state index >= 15 is 0 Å². The average Bonchev–Trinajstić information content (AvgIpc) is 2.99. The van der Waals surface area contributed by atoms with Crippen molar-refractivity contribution in [2.75, 3.05) is 13.1 Å². The van der Waals surface area contributed by atoms with Crippen LogP contribution < -0.4 is 10.6 Å². The first-order valence-corrected chi connectivity index (χ1v) is 7.31. The lowest BCUT2D eigenvalue weighted by Crippen LogP contribution is -2.17. The molecule has 0 spiro atoms. The summed E-state index contributed by atoms with van der Waals surface area (Å²) in [6.45, 7) is 2.61. The van der Waals surface area contributed by atoms with E-state index in [4.69, 9.17) is 40.1 Å². The lowest BCUT2D eigenvalue weighted by molar-refractivity contribution is -0.111. The van der Waals surface area contributed by atoms with Crippen LogP contribution in [0.5, 0.6) is 0 Å². The highest BCUT2D eigenvalue weighted by atomic mass is 35.5. The smallest absolute Gasteiger partial charge is 0.164 e. The van der Waals surface area contributed by atoms with Crippen LogP contribution in [0.1, 0.15) is 23.6 Å². The first-order chi connectivity index (χ1) is 10.4. The molecule has 0 aliphatic carbocycles. The van der Waals surface area contributed by atoms with Gasteiger partial charge in [0.2, 0.25) is 0 Å². The van der Waals surface area contributed by atoms with Crippen molar-refractivity contribution in [1.29, 1.82) is 10.5 Å². The van der Waals surface area contributed by atoms with E-state index in [1.807, 2.05) is 12.1 Å². The molecule has 0 atom stereocenters. The van der Waals surface area contributed by atoms with Gasteiger partial charge in [-0.3, -0.25) is 4.79 Å². The second-order valence-electron chi connectivity index (χ2n) is 4.45. The van der Waals surface area contributed by atoms with Crippen molar-refractivity contribution in [3.05, 3.63) is 37.6 Å². The number of carbonyl (C=O) groups excluding carboxylic acids is 1. The van der Waals surface area contributed by atoms with E-state index in [1.165, 1.54) is 6.92 Å². The maximum absolute atomic E-state index is 12.1. The number of carbonyl (C=O) groups is 1. The molecular formula is C14H9Cl3N4O. The van der Waals surface area contributed by atoms with Crippen molar-refractivity contribution >= 4 is 46.2 Å². The van der Waals surface area contributed by atoms with Gasteiger partial charge in [-0.1, -0.05) is 34.8 Å². The molecule has 0 radical (unpaired) electrons. The molecule has 2 rings (SSSR count). The van der Waals surface area contributed by atoms with Gasteiger partial charge in [-0.25, -0.2) is 0 Å². The molecule has 0 amide bonds. The Morgan fingerprint density at radius 3 is 2.00 bits per heavy atom. The fraction of sp³-hybridized carbons (Fsp3) is 0.214. The van der Waals surface area contributed by atoms with Crippen LogP contribution in [-0.2, 0) is 4.79 Å². The fourth-order valence-corrected chi connectivity index (χ4v) is 3.03. The van der Waals surface area contributed by atoms with Crippen LogP contribution in [0.25, 0.3) is 5.57 Å². The summed E-state index contributed by atoms with van der Waals surface area (Å²) in [6, 6.07) is 3.71. The number of hydrogen-bond acceptors (Lipinski definition) is 5. The van der Waals surface area contributed by atoms with Crippen molar-refractivity contribution in [2.24, 2.45) is 0 Å². The maximum atomic E-state index is 12.1. The SMILES string of the molecule is CC(=O)C(=C1NCCN1)c1c(Cl)c(Cl)c(C#N)c(Cl)c1C#N. The molecule has 1 aromatic rings. The molecule has 0 unspecified atom stereocenters. The second-order valence-corrected chi connectivity index (χ2v) is 5.58. The molecular weight excluding hydrogens is 347 g/mol. The third-order valence-electron chi connectivity index (χ3n) is 3.12. The zero-order chi connectivity index (χ0) is 16.4. The van der Waals surface area contributed by atoms with Crippen LogP contribution in [0.15, 0.2) is 5.82 Å². The third kappa shape index (κ3) is 2.60. The minimum atomic E-state index is -0.313. The molecule has 112 valence electrons. The highest BCUT2D eigenvalue weighted by Crippen LogP contribution is 2.41. The number of ketones is 1. The molecule has 1 saturated heterocycles. The van der Waals surface area contributed by atoms with E-state index in [1.54, 1.807) is 0 Å². The number of rotatable bonds is 2. The van der Waals surface area contributed by atoms with Crippen LogP contribution >= 0.6 is 34.8 Å². The summed E-state index contributed by atoms with van der Waals surface area (Å²) in [5.74, 6) is 0.148. The molecule has 0 aromatic heterocycles. The van der Waals surface area contributed by atoms with Gasteiger partial charge in [0.1, 0.15) is 18.0 Å². The first kappa shape index (κ1) is 16.5. The monoisotopic (exact) mass is 354 g/mol. The van der Waals surface area contributed by atoms with Crippen LogP contribution in [0, 0.1) is 22.7 Å². The van der Waals surface area contributed by atoms with Gasteiger partial charge in [0.15, 0.2) is 5.78 Å². The van der Waals surface area contributed by atoms with E-state index in [-0.39, 0.29) is 43.1 Å². The molecule has 0 bridgehead atoms. The Labute approximate surface area is 142 Å². The third-order valence-corrected chi connectivity index (χ3v) is 4.36. The average molecular weight is 356 g/mol. The predicted molar refractivity (Wildman–Crippen MR) is 84.5 cm³/mol. The van der Waals surface area contributed by atoms with Crippen LogP contribution in [0.3, 0.4) is 0 Å². The Bertz CT molecular complexity index is 779. The number of nitrogens with one attached hydrogen (secondary N) is 2. The van der Waals surface area contributed by atoms with E-state index in [2.05, 4.69) is 10.6 Å². The maximum Gasteiger partial charge on any atom is 0.164 e. The van der Waals surface area contributed by atoms with Gasteiger partial charge in [0, 0.05) is 18.7 Å². The molecule has 0 saturated carbocycles. The number of hydrogen-bond donors (Lipinski definition) is 2. The Balaban J connectivity index is 2.92. The van der Waals surface area contributed by atoms with E-state index in [9.17, 15) is 10.1 Å². The lowest BCUT2D eigenvalue weighted by atomic mass is 9.95. The molecule has 1 aromatic carbocycles. The van der Waals surface area contributed by atoms with Gasteiger partial charge in [-0.05, 0) is 6.92 Å². The fourth-order valence-electron chi connectivity index (χ4n) is 2.19. The number of halogens is 3. The zero-order valence-corrected chi connectivity index (χ0v) is 13.6. The summed E-state index contributed by atoms with van der Waals surface area (Å²) in [7, 11) is 0. The Kier molecular flexibility index (Phi) is 4.83. The van der Waals surface area contributed by atoms with Gasteiger partial charge >= 0.3 is 0 Å². The summed E-state index contributed by atoms with van der Waals surface area (Å²) < 4.78 is 0. The minimum absolute atomic E-state index is 0.0487. The van der Waals surface area contributed by atoms with Gasteiger partial charge < -0.3 is 10.6 Å². The highest BCUT2D eigenvalue weighted by molar-refractivity contribution is 6.47. The topological polar surface area (TPSA) is 88.7 Å².